The third-order valence-corrected chi connectivity index (χ3v) is 2.75. The maximum absolute atomic E-state index is 13.2. The van der Waals surface area contributed by atoms with Crippen molar-refractivity contribution in [1.82, 2.24) is 0 Å². The third-order valence-electron chi connectivity index (χ3n) is 2.75. The summed E-state index contributed by atoms with van der Waals surface area (Å²) in [7, 11) is 1.54. The molecule has 0 radical (unpaired) electrons. The number of hydrogen-bond donors (Lipinski definition) is 2. The maximum atomic E-state index is 13.2. The molecule has 4 heteroatoms. The molecule has 2 rings (SSSR count). The van der Waals surface area contributed by atoms with Gasteiger partial charge in [-0.25, -0.2) is 4.39 Å². The molecule has 0 amide bonds. The normalized spacial score (nSPS) is 12.2. The zero-order chi connectivity index (χ0) is 13.1. The molecule has 0 saturated heterocycles. The zero-order valence-electron chi connectivity index (χ0n) is 9.93. The average Bonchev–Trinajstić information content (AvgIpc) is 2.41. The first-order chi connectivity index (χ1) is 8.61. The van der Waals surface area contributed by atoms with Gasteiger partial charge in [0, 0.05) is 11.3 Å². The van der Waals surface area contributed by atoms with E-state index in [1.165, 1.54) is 18.2 Å². The van der Waals surface area contributed by atoms with Crippen molar-refractivity contribution in [3.05, 3.63) is 59.4 Å². The van der Waals surface area contributed by atoms with Crippen LogP contribution < -0.4 is 10.5 Å². The second kappa shape index (κ2) is 5.06. The summed E-state index contributed by atoms with van der Waals surface area (Å²) in [4.78, 5) is 0. The van der Waals surface area contributed by atoms with Crippen LogP contribution in [-0.4, -0.2) is 12.2 Å². The van der Waals surface area contributed by atoms with Crippen molar-refractivity contribution in [2.24, 2.45) is 0 Å². The number of benzene rings is 2. The van der Waals surface area contributed by atoms with E-state index in [0.717, 1.165) is 0 Å². The molecule has 18 heavy (non-hydrogen) atoms. The number of aliphatic hydroxyl groups is 1. The van der Waals surface area contributed by atoms with E-state index in [1.807, 2.05) is 0 Å². The van der Waals surface area contributed by atoms with Crippen LogP contribution in [0.1, 0.15) is 17.2 Å². The van der Waals surface area contributed by atoms with Crippen LogP contribution >= 0.6 is 0 Å². The number of methoxy groups -OCH3 is 1. The quantitative estimate of drug-likeness (QED) is 0.819. The van der Waals surface area contributed by atoms with E-state index >= 15 is 0 Å². The molecule has 0 aliphatic heterocycles. The number of halogens is 1. The predicted molar refractivity (Wildman–Crippen MR) is 67.9 cm³/mol. The standard InChI is InChI=1S/C14H14FNO2/c1-18-11-4-2-3-9(7-11)14(17)12-8-10(15)5-6-13(12)16/h2-8,14,17H,16H2,1H3. The van der Waals surface area contributed by atoms with Gasteiger partial charge < -0.3 is 15.6 Å². The van der Waals surface area contributed by atoms with Gasteiger partial charge in [-0.1, -0.05) is 12.1 Å². The van der Waals surface area contributed by atoms with E-state index in [-0.39, 0.29) is 0 Å². The number of anilines is 1. The highest BCUT2D eigenvalue weighted by Gasteiger charge is 2.14. The molecule has 2 aromatic rings. The van der Waals surface area contributed by atoms with Crippen molar-refractivity contribution in [3.8, 4) is 5.75 Å². The molecule has 0 aliphatic carbocycles. The third kappa shape index (κ3) is 2.43. The van der Waals surface area contributed by atoms with Crippen LogP contribution in [0.2, 0.25) is 0 Å². The molecular formula is C14H14FNO2. The van der Waals surface area contributed by atoms with Crippen LogP contribution in [0.25, 0.3) is 0 Å². The smallest absolute Gasteiger partial charge is 0.123 e. The molecule has 3 N–H and O–H groups in total. The highest BCUT2D eigenvalue weighted by Crippen LogP contribution is 2.29. The minimum absolute atomic E-state index is 0.350. The Balaban J connectivity index is 2.40. The fourth-order valence-electron chi connectivity index (χ4n) is 1.77. The Hall–Kier alpha value is -2.07. The Kier molecular flexibility index (Phi) is 3.48. The Morgan fingerprint density at radius 1 is 1.22 bits per heavy atom. The number of hydrogen-bond acceptors (Lipinski definition) is 3. The fraction of sp³-hybridized carbons (Fsp3) is 0.143. The van der Waals surface area contributed by atoms with Crippen LogP contribution in [0.3, 0.4) is 0 Å². The summed E-state index contributed by atoms with van der Waals surface area (Å²) >= 11 is 0. The second-order valence-electron chi connectivity index (χ2n) is 3.95. The van der Waals surface area contributed by atoms with Gasteiger partial charge >= 0.3 is 0 Å². The van der Waals surface area contributed by atoms with E-state index in [9.17, 15) is 9.50 Å². The van der Waals surface area contributed by atoms with Crippen molar-refractivity contribution in [1.29, 1.82) is 0 Å². The summed E-state index contributed by atoms with van der Waals surface area (Å²) in [6.45, 7) is 0. The molecule has 94 valence electrons. The first kappa shape index (κ1) is 12.4. The topological polar surface area (TPSA) is 55.5 Å². The first-order valence-corrected chi connectivity index (χ1v) is 5.48. The summed E-state index contributed by atoms with van der Waals surface area (Å²) in [5.41, 5.74) is 7.05. The number of rotatable bonds is 3. The van der Waals surface area contributed by atoms with Crippen molar-refractivity contribution in [2.45, 2.75) is 6.10 Å². The zero-order valence-corrected chi connectivity index (χ0v) is 9.93. The number of ether oxygens (including phenoxy) is 1. The van der Waals surface area contributed by atoms with Gasteiger partial charge in [0.2, 0.25) is 0 Å². The summed E-state index contributed by atoms with van der Waals surface area (Å²) in [6.07, 6.45) is -0.976. The molecule has 0 heterocycles. The molecule has 0 aromatic heterocycles. The lowest BCUT2D eigenvalue weighted by Gasteiger charge is -2.14. The molecule has 0 saturated carbocycles. The molecule has 0 bridgehead atoms. The Morgan fingerprint density at radius 2 is 2.00 bits per heavy atom. The SMILES string of the molecule is COc1cccc(C(O)c2cc(F)ccc2N)c1. The van der Waals surface area contributed by atoms with Crippen LogP contribution in [0, 0.1) is 5.82 Å². The number of nitrogens with two attached hydrogens (primary N) is 1. The van der Waals surface area contributed by atoms with Gasteiger partial charge in [-0.15, -0.1) is 0 Å². The summed E-state index contributed by atoms with van der Waals surface area (Å²) in [6, 6.07) is 10.9. The molecular weight excluding hydrogens is 233 g/mol. The van der Waals surface area contributed by atoms with Gasteiger partial charge in [-0.3, -0.25) is 0 Å². The monoisotopic (exact) mass is 247 g/mol. The van der Waals surface area contributed by atoms with Crippen LogP contribution in [-0.2, 0) is 0 Å². The lowest BCUT2D eigenvalue weighted by molar-refractivity contribution is 0.220. The van der Waals surface area contributed by atoms with E-state index in [4.69, 9.17) is 10.5 Å². The molecule has 0 fully saturated rings. The van der Waals surface area contributed by atoms with Gasteiger partial charge in [-0.2, -0.15) is 0 Å². The highest BCUT2D eigenvalue weighted by molar-refractivity contribution is 5.51. The van der Waals surface area contributed by atoms with Crippen molar-refractivity contribution in [2.75, 3.05) is 12.8 Å². The van der Waals surface area contributed by atoms with Crippen LogP contribution in [0.15, 0.2) is 42.5 Å². The highest BCUT2D eigenvalue weighted by atomic mass is 19.1. The summed E-state index contributed by atoms with van der Waals surface area (Å²) in [5.74, 6) is 0.197. The van der Waals surface area contributed by atoms with Gasteiger partial charge in [0.05, 0.1) is 7.11 Å². The molecule has 0 aliphatic rings. The summed E-state index contributed by atoms with van der Waals surface area (Å²) in [5, 5.41) is 10.2. The van der Waals surface area contributed by atoms with Gasteiger partial charge in [0.25, 0.3) is 0 Å². The molecule has 2 aromatic carbocycles. The van der Waals surface area contributed by atoms with Crippen LogP contribution in [0.4, 0.5) is 10.1 Å². The van der Waals surface area contributed by atoms with Gasteiger partial charge in [0.15, 0.2) is 0 Å². The van der Waals surface area contributed by atoms with Crippen molar-refractivity contribution < 1.29 is 14.2 Å². The Labute approximate surface area is 105 Å². The lowest BCUT2D eigenvalue weighted by Crippen LogP contribution is -2.04. The maximum Gasteiger partial charge on any atom is 0.123 e. The number of aliphatic hydroxyl groups excluding tert-OH is 1. The van der Waals surface area contributed by atoms with Crippen molar-refractivity contribution >= 4 is 5.69 Å². The Bertz CT molecular complexity index is 557. The lowest BCUT2D eigenvalue weighted by atomic mass is 10.00. The second-order valence-corrected chi connectivity index (χ2v) is 3.95. The van der Waals surface area contributed by atoms with Gasteiger partial charge in [-0.05, 0) is 35.9 Å². The molecule has 1 unspecified atom stereocenters. The fourth-order valence-corrected chi connectivity index (χ4v) is 1.77. The van der Waals surface area contributed by atoms with Crippen molar-refractivity contribution in [3.63, 3.8) is 0 Å². The average molecular weight is 247 g/mol. The van der Waals surface area contributed by atoms with E-state index in [2.05, 4.69) is 0 Å². The first-order valence-electron chi connectivity index (χ1n) is 5.48. The van der Waals surface area contributed by atoms with E-state index < -0.39 is 11.9 Å². The number of nitrogen functional groups attached to an aromatic ring is 1. The molecule has 1 atom stereocenters. The van der Waals surface area contributed by atoms with Crippen LogP contribution in [0.5, 0.6) is 5.75 Å². The minimum Gasteiger partial charge on any atom is -0.497 e. The largest absolute Gasteiger partial charge is 0.497 e. The molecule has 3 nitrogen and oxygen atoms in total. The van der Waals surface area contributed by atoms with E-state index in [1.54, 1.807) is 31.4 Å². The Morgan fingerprint density at radius 3 is 2.72 bits per heavy atom. The van der Waals surface area contributed by atoms with Gasteiger partial charge in [0.1, 0.15) is 17.7 Å². The molecule has 0 spiro atoms. The minimum atomic E-state index is -0.976. The summed E-state index contributed by atoms with van der Waals surface area (Å²) < 4.78 is 18.3. The van der Waals surface area contributed by atoms with E-state index in [0.29, 0.717) is 22.6 Å². The predicted octanol–water partition coefficient (Wildman–Crippen LogP) is 2.50.